The fraction of sp³-hybridized carbons (Fsp3) is 0.704. The number of aliphatic hydroxyl groups excluding tert-OH is 1. The number of esters is 1. The second-order valence-corrected chi connectivity index (χ2v) is 12.0. The minimum Gasteiger partial charge on any atom is -0.460 e. The van der Waals surface area contributed by atoms with Gasteiger partial charge in [0, 0.05) is 50.3 Å². The summed E-state index contributed by atoms with van der Waals surface area (Å²) in [6.45, 7) is 11.7. The third kappa shape index (κ3) is 7.52. The van der Waals surface area contributed by atoms with Crippen molar-refractivity contribution in [3.05, 3.63) is 29.3 Å². The largest absolute Gasteiger partial charge is 0.460 e. The number of ether oxygens (including phenoxy) is 2. The highest BCUT2D eigenvalue weighted by Gasteiger charge is 2.41. The van der Waals surface area contributed by atoms with Crippen LogP contribution in [0, 0.1) is 11.8 Å². The maximum absolute atomic E-state index is 13.6. The van der Waals surface area contributed by atoms with Crippen molar-refractivity contribution in [1.29, 1.82) is 0 Å². The number of alkyl halides is 3. The molecule has 0 saturated carbocycles. The normalized spacial score (nSPS) is 21.8. The van der Waals surface area contributed by atoms with E-state index in [0.717, 1.165) is 12.1 Å². The van der Waals surface area contributed by atoms with Crippen molar-refractivity contribution in [3.63, 3.8) is 0 Å². The lowest BCUT2D eigenvalue weighted by Crippen LogP contribution is -2.39. The van der Waals surface area contributed by atoms with Crippen LogP contribution in [0.1, 0.15) is 71.4 Å². The van der Waals surface area contributed by atoms with Crippen LogP contribution in [0.3, 0.4) is 0 Å². The Morgan fingerprint density at radius 3 is 2.08 bits per heavy atom. The number of rotatable bonds is 4. The summed E-state index contributed by atoms with van der Waals surface area (Å²) in [7, 11) is 0. The van der Waals surface area contributed by atoms with Gasteiger partial charge in [-0.25, -0.2) is 4.79 Å². The molecule has 1 N–H and O–H groups in total. The Morgan fingerprint density at radius 2 is 1.57 bits per heavy atom. The quantitative estimate of drug-likeness (QED) is 0.541. The molecule has 208 valence electrons. The lowest BCUT2D eigenvalue weighted by Gasteiger charge is -2.36. The van der Waals surface area contributed by atoms with Gasteiger partial charge in [-0.05, 0) is 72.1 Å². The van der Waals surface area contributed by atoms with Crippen LogP contribution in [0.25, 0.3) is 0 Å². The molecule has 1 aromatic rings. The molecule has 2 saturated heterocycles. The molecule has 37 heavy (non-hydrogen) atoms. The Bertz CT molecular complexity index is 976. The third-order valence-electron chi connectivity index (χ3n) is 6.66. The number of likely N-dealkylation sites (tertiary alicyclic amines) is 1. The number of hydrogen-bond donors (Lipinski definition) is 1. The van der Waals surface area contributed by atoms with Crippen LogP contribution < -0.4 is 4.90 Å². The van der Waals surface area contributed by atoms with Gasteiger partial charge in [0.25, 0.3) is 0 Å². The van der Waals surface area contributed by atoms with Crippen LogP contribution in [-0.2, 0) is 20.4 Å². The van der Waals surface area contributed by atoms with E-state index in [2.05, 4.69) is 0 Å². The molecule has 3 rings (SSSR count). The number of aliphatic hydroxyl groups is 1. The van der Waals surface area contributed by atoms with E-state index in [-0.39, 0.29) is 43.4 Å². The van der Waals surface area contributed by atoms with Crippen LogP contribution >= 0.6 is 0 Å². The molecule has 0 radical (unpaired) electrons. The van der Waals surface area contributed by atoms with Crippen molar-refractivity contribution in [1.82, 2.24) is 4.90 Å². The zero-order valence-electron chi connectivity index (χ0n) is 22.5. The van der Waals surface area contributed by atoms with E-state index in [1.54, 1.807) is 41.5 Å². The highest BCUT2D eigenvalue weighted by Crippen LogP contribution is 2.42. The minimum atomic E-state index is -4.52. The molecular formula is C27H39F3N2O5. The van der Waals surface area contributed by atoms with Crippen molar-refractivity contribution in [2.24, 2.45) is 11.8 Å². The van der Waals surface area contributed by atoms with Gasteiger partial charge in [0.2, 0.25) is 0 Å². The summed E-state index contributed by atoms with van der Waals surface area (Å²) < 4.78 is 51.9. The van der Waals surface area contributed by atoms with Crippen LogP contribution in [-0.4, -0.2) is 66.1 Å². The predicted octanol–water partition coefficient (Wildman–Crippen LogP) is 5.21. The lowest BCUT2D eigenvalue weighted by atomic mass is 9.86. The lowest BCUT2D eigenvalue weighted by molar-refractivity contribution is -0.160. The molecule has 1 aromatic carbocycles. The van der Waals surface area contributed by atoms with Crippen molar-refractivity contribution < 1.29 is 37.3 Å². The Morgan fingerprint density at radius 1 is 0.973 bits per heavy atom. The van der Waals surface area contributed by atoms with Gasteiger partial charge in [0.15, 0.2) is 0 Å². The van der Waals surface area contributed by atoms with E-state index in [4.69, 9.17) is 9.47 Å². The van der Waals surface area contributed by atoms with E-state index in [9.17, 15) is 27.9 Å². The second kappa shape index (κ2) is 10.7. The molecule has 0 aliphatic carbocycles. The molecule has 0 bridgehead atoms. The highest BCUT2D eigenvalue weighted by molar-refractivity contribution is 5.73. The van der Waals surface area contributed by atoms with E-state index < -0.39 is 29.0 Å². The van der Waals surface area contributed by atoms with Crippen molar-refractivity contribution >= 4 is 17.7 Å². The molecule has 1 amide bonds. The molecule has 2 aliphatic rings. The molecule has 0 spiro atoms. The number of carbonyl (C=O) groups excluding carboxylic acids is 2. The standard InChI is InChI=1S/C27H39F3N2O5/c1-25(2,3)36-23(34)17-9-11-31(12-10-17)22-13-19(27(28,29)30)7-8-20(22)21-15-32(14-18(21)16-33)24(35)37-26(4,5)6/h7-8,13,17-18,21,33H,9-12,14-16H2,1-6H3/t18-,21+/m1/s1. The van der Waals surface area contributed by atoms with Crippen LogP contribution in [0.5, 0.6) is 0 Å². The number of hydrogen-bond acceptors (Lipinski definition) is 6. The predicted molar refractivity (Wildman–Crippen MR) is 133 cm³/mol. The van der Waals surface area contributed by atoms with Gasteiger partial charge < -0.3 is 24.4 Å². The molecule has 2 aliphatic heterocycles. The van der Waals surface area contributed by atoms with Crippen LogP contribution in [0.15, 0.2) is 18.2 Å². The Balaban J connectivity index is 1.87. The molecule has 0 aromatic heterocycles. The summed E-state index contributed by atoms with van der Waals surface area (Å²) in [6.07, 6.45) is -4.11. The third-order valence-corrected chi connectivity index (χ3v) is 6.66. The first-order valence-corrected chi connectivity index (χ1v) is 12.8. The van der Waals surface area contributed by atoms with Gasteiger partial charge in [-0.1, -0.05) is 6.07 Å². The van der Waals surface area contributed by atoms with Gasteiger partial charge >= 0.3 is 18.2 Å². The fourth-order valence-corrected chi connectivity index (χ4v) is 4.93. The molecule has 0 unspecified atom stereocenters. The fourth-order valence-electron chi connectivity index (χ4n) is 4.93. The average molecular weight is 529 g/mol. The summed E-state index contributed by atoms with van der Waals surface area (Å²) in [5.74, 6) is -1.31. The summed E-state index contributed by atoms with van der Waals surface area (Å²) in [5.41, 5.74) is -0.990. The highest BCUT2D eigenvalue weighted by atomic mass is 19.4. The molecular weight excluding hydrogens is 489 g/mol. The number of carbonyl (C=O) groups is 2. The first-order chi connectivity index (χ1) is 17.0. The monoisotopic (exact) mass is 528 g/mol. The molecule has 2 heterocycles. The summed E-state index contributed by atoms with van der Waals surface area (Å²) in [4.78, 5) is 28.6. The number of piperidine rings is 1. The van der Waals surface area contributed by atoms with Crippen molar-refractivity contribution in [2.75, 3.05) is 37.7 Å². The summed E-state index contributed by atoms with van der Waals surface area (Å²) >= 11 is 0. The number of halogens is 3. The number of nitrogens with zero attached hydrogens (tertiary/aromatic N) is 2. The van der Waals surface area contributed by atoms with E-state index in [1.807, 2.05) is 4.90 Å². The molecule has 10 heteroatoms. The second-order valence-electron chi connectivity index (χ2n) is 12.0. The Hall–Kier alpha value is -2.49. The molecule has 2 atom stereocenters. The van der Waals surface area contributed by atoms with Gasteiger partial charge in [0.1, 0.15) is 11.2 Å². The van der Waals surface area contributed by atoms with Crippen LogP contribution in [0.2, 0.25) is 0 Å². The smallest absolute Gasteiger partial charge is 0.416 e. The average Bonchev–Trinajstić information content (AvgIpc) is 3.20. The minimum absolute atomic E-state index is 0.217. The van der Waals surface area contributed by atoms with Crippen molar-refractivity contribution in [2.45, 2.75) is 77.7 Å². The van der Waals surface area contributed by atoms with Crippen LogP contribution in [0.4, 0.5) is 23.7 Å². The Kier molecular flexibility index (Phi) is 8.41. The zero-order valence-corrected chi connectivity index (χ0v) is 22.5. The van der Waals surface area contributed by atoms with Crippen molar-refractivity contribution in [3.8, 4) is 0 Å². The van der Waals surface area contributed by atoms with Gasteiger partial charge in [-0.2, -0.15) is 13.2 Å². The number of amides is 1. The SMILES string of the molecule is CC(C)(C)OC(=O)C1CCN(c2cc(C(F)(F)F)ccc2[C@H]2CN(C(=O)OC(C)(C)C)C[C@@H]2CO)CC1. The van der Waals surface area contributed by atoms with Gasteiger partial charge in [-0.3, -0.25) is 4.79 Å². The zero-order chi connectivity index (χ0) is 27.8. The first kappa shape index (κ1) is 29.1. The van der Waals surface area contributed by atoms with Gasteiger partial charge in [-0.15, -0.1) is 0 Å². The van der Waals surface area contributed by atoms with E-state index in [0.29, 0.717) is 37.2 Å². The Labute approximate surface area is 216 Å². The van der Waals surface area contributed by atoms with E-state index in [1.165, 1.54) is 11.0 Å². The molecule has 2 fully saturated rings. The maximum Gasteiger partial charge on any atom is 0.416 e. The first-order valence-electron chi connectivity index (χ1n) is 12.8. The maximum atomic E-state index is 13.6. The molecule has 7 nitrogen and oxygen atoms in total. The van der Waals surface area contributed by atoms with Gasteiger partial charge in [0.05, 0.1) is 11.5 Å². The van der Waals surface area contributed by atoms with E-state index >= 15 is 0 Å². The number of anilines is 1. The topological polar surface area (TPSA) is 79.3 Å². The number of benzene rings is 1. The summed E-state index contributed by atoms with van der Waals surface area (Å²) in [6, 6.07) is 3.66. The summed E-state index contributed by atoms with van der Waals surface area (Å²) in [5, 5.41) is 10.1.